The molecule has 3 heterocycles. The number of nitrogens with zero attached hydrogens (tertiary/aromatic N) is 4. The number of hydrogen-bond acceptors (Lipinski definition) is 7. The van der Waals surface area contributed by atoms with Crippen LogP contribution in [0.1, 0.15) is 63.1 Å². The summed E-state index contributed by atoms with van der Waals surface area (Å²) in [5.41, 5.74) is 9.81. The van der Waals surface area contributed by atoms with E-state index in [0.717, 1.165) is 28.8 Å². The van der Waals surface area contributed by atoms with E-state index in [0.29, 0.717) is 30.9 Å². The smallest absolute Gasteiger partial charge is 0.410 e. The number of pyridine rings is 1. The highest BCUT2D eigenvalue weighted by Crippen LogP contribution is 2.37. The summed E-state index contributed by atoms with van der Waals surface area (Å²) >= 11 is 0. The van der Waals surface area contributed by atoms with Gasteiger partial charge < -0.3 is 20.5 Å². The van der Waals surface area contributed by atoms with E-state index >= 15 is 0 Å². The van der Waals surface area contributed by atoms with Crippen molar-refractivity contribution in [2.75, 3.05) is 19.7 Å². The van der Waals surface area contributed by atoms with Crippen molar-refractivity contribution in [1.82, 2.24) is 30.1 Å². The first-order valence-corrected chi connectivity index (χ1v) is 17.6. The minimum absolute atomic E-state index is 0.0170. The van der Waals surface area contributed by atoms with Gasteiger partial charge in [0.2, 0.25) is 5.91 Å². The van der Waals surface area contributed by atoms with Crippen LogP contribution in [-0.4, -0.2) is 67.4 Å². The van der Waals surface area contributed by atoms with Gasteiger partial charge in [0, 0.05) is 32.3 Å². The highest BCUT2D eigenvalue weighted by molar-refractivity contribution is 5.84. The number of ether oxygens (including phenoxy) is 1. The number of carbonyl (C=O) groups excluding carboxylic acids is 2. The van der Waals surface area contributed by atoms with Crippen molar-refractivity contribution in [1.29, 1.82) is 0 Å². The number of aliphatic hydroxyl groups is 1. The Kier molecular flexibility index (Phi) is 10.3. The van der Waals surface area contributed by atoms with Crippen LogP contribution in [0.15, 0.2) is 79.0 Å². The number of rotatable bonds is 11. The first-order valence-electron chi connectivity index (χ1n) is 17.6. The van der Waals surface area contributed by atoms with Crippen LogP contribution in [0.4, 0.5) is 4.79 Å². The van der Waals surface area contributed by atoms with Crippen LogP contribution in [0.5, 0.6) is 0 Å². The Hall–Kier alpha value is -5.06. The maximum absolute atomic E-state index is 13.3. The summed E-state index contributed by atoms with van der Waals surface area (Å²) in [5.74, 6) is 0.468. The third-order valence-corrected chi connectivity index (χ3v) is 9.40. The molecule has 1 aliphatic heterocycles. The molecule has 0 bridgehead atoms. The van der Waals surface area contributed by atoms with E-state index in [1.165, 1.54) is 27.8 Å². The van der Waals surface area contributed by atoms with E-state index in [1.807, 2.05) is 46.0 Å². The standard InChI is InChI=1S/C41H48N6O4/c1-27-32(30-15-13-29(14-16-30)24-42-20-22-48)9-7-11-34(27)35-12-8-10-33(28(35)2)31-18-21-47-37(23-31)43-36(45-47)25-46(39(50)51-40(3,4)5)26-41(6)19-17-38(49)44-41/h7-16,18,21,23,42,48H,17,19-20,22,24-26H2,1-6H3,(H,44,49)/t41-/m0/s1. The highest BCUT2D eigenvalue weighted by atomic mass is 16.6. The van der Waals surface area contributed by atoms with E-state index in [9.17, 15) is 9.59 Å². The lowest BCUT2D eigenvalue weighted by Gasteiger charge is -2.33. The van der Waals surface area contributed by atoms with Crippen molar-refractivity contribution in [2.45, 2.75) is 78.6 Å². The molecule has 10 heteroatoms. The first kappa shape index (κ1) is 35.8. The van der Waals surface area contributed by atoms with Gasteiger partial charge in [-0.1, -0.05) is 60.7 Å². The van der Waals surface area contributed by atoms with Gasteiger partial charge in [-0.2, -0.15) is 0 Å². The lowest BCUT2D eigenvalue weighted by atomic mass is 9.88. The molecular formula is C41H48N6O4. The molecule has 1 saturated heterocycles. The molecule has 1 aliphatic rings. The molecule has 1 atom stereocenters. The van der Waals surface area contributed by atoms with Crippen LogP contribution in [0.2, 0.25) is 0 Å². The van der Waals surface area contributed by atoms with Gasteiger partial charge in [0.15, 0.2) is 11.5 Å². The Morgan fingerprint density at radius 2 is 1.63 bits per heavy atom. The van der Waals surface area contributed by atoms with Crippen LogP contribution in [0.3, 0.4) is 0 Å². The predicted octanol–water partition coefficient (Wildman–Crippen LogP) is 6.83. The van der Waals surface area contributed by atoms with Crippen LogP contribution < -0.4 is 10.6 Å². The lowest BCUT2D eigenvalue weighted by molar-refractivity contribution is -0.119. The van der Waals surface area contributed by atoms with Crippen molar-refractivity contribution in [3.05, 3.63) is 102 Å². The second-order valence-electron chi connectivity index (χ2n) is 14.7. The molecule has 3 aromatic carbocycles. The van der Waals surface area contributed by atoms with E-state index < -0.39 is 17.2 Å². The zero-order chi connectivity index (χ0) is 36.3. The average Bonchev–Trinajstić information content (AvgIpc) is 3.65. The SMILES string of the molecule is Cc1c(-c2ccc(CNCCO)cc2)cccc1-c1cccc(-c2ccn3nc(CN(C[C@]4(C)CCC(=O)N4)C(=O)OC(C)(C)C)nc3c2)c1C. The van der Waals surface area contributed by atoms with Crippen molar-refractivity contribution in [3.63, 3.8) is 0 Å². The first-order chi connectivity index (χ1) is 24.3. The molecule has 10 nitrogen and oxygen atoms in total. The van der Waals surface area contributed by atoms with Crippen molar-refractivity contribution >= 4 is 17.6 Å². The Labute approximate surface area is 299 Å². The molecule has 6 rings (SSSR count). The second kappa shape index (κ2) is 14.7. The van der Waals surface area contributed by atoms with Crippen molar-refractivity contribution in [3.8, 4) is 33.4 Å². The fourth-order valence-electron chi connectivity index (χ4n) is 6.83. The van der Waals surface area contributed by atoms with Crippen LogP contribution in [0, 0.1) is 13.8 Å². The number of nitrogens with one attached hydrogen (secondary N) is 2. The van der Waals surface area contributed by atoms with Crippen LogP contribution in [0.25, 0.3) is 39.0 Å². The zero-order valence-electron chi connectivity index (χ0n) is 30.4. The Morgan fingerprint density at radius 1 is 0.980 bits per heavy atom. The number of fused-ring (bicyclic) bond motifs is 1. The number of aromatic nitrogens is 3. The Balaban J connectivity index is 1.26. The fraction of sp³-hybridized carbons (Fsp3) is 0.366. The normalized spacial score (nSPS) is 16.0. The average molecular weight is 689 g/mol. The van der Waals surface area contributed by atoms with Gasteiger partial charge in [-0.15, -0.1) is 5.10 Å². The molecule has 1 fully saturated rings. The number of aliphatic hydroxyl groups excluding tert-OH is 1. The van der Waals surface area contributed by atoms with Gasteiger partial charge in [-0.05, 0) is 110 Å². The molecule has 0 spiro atoms. The summed E-state index contributed by atoms with van der Waals surface area (Å²) in [6.45, 7) is 13.6. The number of amides is 2. The maximum Gasteiger partial charge on any atom is 0.410 e. The Morgan fingerprint density at radius 3 is 2.24 bits per heavy atom. The molecule has 2 amide bonds. The molecule has 2 aromatic heterocycles. The molecular weight excluding hydrogens is 640 g/mol. The predicted molar refractivity (Wildman–Crippen MR) is 200 cm³/mol. The summed E-state index contributed by atoms with van der Waals surface area (Å²) in [6, 6.07) is 25.5. The number of benzene rings is 3. The van der Waals surface area contributed by atoms with E-state index in [1.54, 1.807) is 9.42 Å². The monoisotopic (exact) mass is 688 g/mol. The van der Waals surface area contributed by atoms with Crippen molar-refractivity contribution in [2.24, 2.45) is 0 Å². The van der Waals surface area contributed by atoms with Gasteiger partial charge in [0.1, 0.15) is 5.60 Å². The highest BCUT2D eigenvalue weighted by Gasteiger charge is 2.37. The maximum atomic E-state index is 13.3. The minimum Gasteiger partial charge on any atom is -0.444 e. The van der Waals surface area contributed by atoms with Crippen LogP contribution in [-0.2, 0) is 22.6 Å². The number of carbonyl (C=O) groups is 2. The second-order valence-corrected chi connectivity index (χ2v) is 14.7. The third kappa shape index (κ3) is 8.30. The molecule has 0 saturated carbocycles. The minimum atomic E-state index is -0.673. The summed E-state index contributed by atoms with van der Waals surface area (Å²) in [4.78, 5) is 31.8. The topological polar surface area (TPSA) is 121 Å². The van der Waals surface area contributed by atoms with E-state index in [4.69, 9.17) is 19.9 Å². The molecule has 0 unspecified atom stereocenters. The molecule has 266 valence electrons. The summed E-state index contributed by atoms with van der Waals surface area (Å²) in [6.07, 6.45) is 2.49. The molecule has 0 aliphatic carbocycles. The molecule has 0 radical (unpaired) electrons. The van der Waals surface area contributed by atoms with Gasteiger partial charge in [0.05, 0.1) is 18.7 Å². The summed E-state index contributed by atoms with van der Waals surface area (Å²) < 4.78 is 7.46. The van der Waals surface area contributed by atoms with Crippen LogP contribution >= 0.6 is 0 Å². The van der Waals surface area contributed by atoms with Gasteiger partial charge in [0.25, 0.3) is 0 Å². The largest absolute Gasteiger partial charge is 0.444 e. The number of hydrogen-bond donors (Lipinski definition) is 3. The zero-order valence-corrected chi connectivity index (χ0v) is 30.4. The quantitative estimate of drug-likeness (QED) is 0.130. The Bertz CT molecular complexity index is 2050. The van der Waals surface area contributed by atoms with Gasteiger partial charge in [-0.25, -0.2) is 14.3 Å². The third-order valence-electron chi connectivity index (χ3n) is 9.40. The van der Waals surface area contributed by atoms with Gasteiger partial charge in [-0.3, -0.25) is 9.69 Å². The summed E-state index contributed by atoms with van der Waals surface area (Å²) in [7, 11) is 0. The van der Waals surface area contributed by atoms with E-state index in [-0.39, 0.29) is 25.6 Å². The van der Waals surface area contributed by atoms with Crippen molar-refractivity contribution < 1.29 is 19.4 Å². The summed E-state index contributed by atoms with van der Waals surface area (Å²) in [5, 5.41) is 20.0. The van der Waals surface area contributed by atoms with Gasteiger partial charge >= 0.3 is 6.09 Å². The molecule has 51 heavy (non-hydrogen) atoms. The lowest BCUT2D eigenvalue weighted by Crippen LogP contribution is -2.51. The molecule has 3 N–H and O–H groups in total. The molecule has 5 aromatic rings. The van der Waals surface area contributed by atoms with E-state index in [2.05, 4.69) is 85.1 Å². The fourth-order valence-corrected chi connectivity index (χ4v) is 6.83.